The summed E-state index contributed by atoms with van der Waals surface area (Å²) < 4.78 is 50.0. The fourth-order valence-corrected chi connectivity index (χ4v) is 4.15. The topological polar surface area (TPSA) is 29.5 Å². The summed E-state index contributed by atoms with van der Waals surface area (Å²) in [7, 11) is 0. The molecule has 6 heteroatoms. The zero-order valence-corrected chi connectivity index (χ0v) is 16.7. The number of alkyl halides is 3. The highest BCUT2D eigenvalue weighted by atomic mass is 127. The van der Waals surface area contributed by atoms with Gasteiger partial charge in [0.05, 0.1) is 5.92 Å². The maximum atomic E-state index is 14.3. The van der Waals surface area contributed by atoms with Crippen LogP contribution < -0.4 is 4.74 Å². The fourth-order valence-electron chi connectivity index (χ4n) is 3.79. The largest absolute Gasteiger partial charge is 0.508 e. The highest BCUT2D eigenvalue weighted by Crippen LogP contribution is 2.56. The first kappa shape index (κ1) is 19.1. The molecule has 3 atom stereocenters. The van der Waals surface area contributed by atoms with Gasteiger partial charge in [0.25, 0.3) is 0 Å². The highest BCUT2D eigenvalue weighted by molar-refractivity contribution is 14.1. The lowest BCUT2D eigenvalue weighted by Crippen LogP contribution is -2.36. The maximum Gasteiger partial charge on any atom is 0.396 e. The molecule has 0 bridgehead atoms. The van der Waals surface area contributed by atoms with E-state index in [1.807, 2.05) is 12.1 Å². The Morgan fingerprint density at radius 2 is 1.43 bits per heavy atom. The van der Waals surface area contributed by atoms with Gasteiger partial charge < -0.3 is 9.84 Å². The Hall–Kier alpha value is -2.22. The van der Waals surface area contributed by atoms with Crippen molar-refractivity contribution >= 4 is 22.6 Å². The third kappa shape index (κ3) is 3.57. The van der Waals surface area contributed by atoms with Gasteiger partial charge in [0.2, 0.25) is 0 Å². The third-order valence-corrected chi connectivity index (χ3v) is 5.74. The monoisotopic (exact) mass is 496 g/mol. The van der Waals surface area contributed by atoms with Crippen molar-refractivity contribution in [3.63, 3.8) is 0 Å². The molecule has 144 valence electrons. The lowest BCUT2D eigenvalue weighted by Gasteiger charge is -2.41. The van der Waals surface area contributed by atoms with Gasteiger partial charge in [-0.3, -0.25) is 0 Å². The fraction of sp³-hybridized carbons (Fsp3) is 0.182. The van der Waals surface area contributed by atoms with Crippen LogP contribution in [0, 0.1) is 3.57 Å². The van der Waals surface area contributed by atoms with Crippen molar-refractivity contribution in [1.29, 1.82) is 0 Å². The van der Waals surface area contributed by atoms with Gasteiger partial charge in [-0.05, 0) is 64.0 Å². The van der Waals surface area contributed by atoms with Crippen molar-refractivity contribution in [1.82, 2.24) is 0 Å². The Morgan fingerprint density at radius 1 is 0.821 bits per heavy atom. The van der Waals surface area contributed by atoms with Crippen LogP contribution in [0.1, 0.15) is 34.6 Å². The van der Waals surface area contributed by atoms with Gasteiger partial charge in [-0.15, -0.1) is 0 Å². The van der Waals surface area contributed by atoms with E-state index in [4.69, 9.17) is 4.74 Å². The van der Waals surface area contributed by atoms with Gasteiger partial charge in [-0.1, -0.05) is 42.5 Å². The normalized spacial score (nSPS) is 21.6. The highest BCUT2D eigenvalue weighted by Gasteiger charge is 2.53. The second kappa shape index (κ2) is 7.31. The number of phenols is 1. The number of phenolic OH excluding ortho intramolecular Hbond substituents is 1. The van der Waals surface area contributed by atoms with E-state index in [-0.39, 0.29) is 17.1 Å². The summed E-state index contributed by atoms with van der Waals surface area (Å²) in [5, 5.41) is 9.60. The number of para-hydroxylation sites is 1. The first-order chi connectivity index (χ1) is 13.3. The van der Waals surface area contributed by atoms with Gasteiger partial charge in [-0.25, -0.2) is 0 Å². The molecule has 1 aliphatic heterocycles. The predicted molar refractivity (Wildman–Crippen MR) is 109 cm³/mol. The van der Waals surface area contributed by atoms with Crippen molar-refractivity contribution < 1.29 is 23.0 Å². The number of rotatable bonds is 2. The van der Waals surface area contributed by atoms with E-state index >= 15 is 0 Å². The van der Waals surface area contributed by atoms with Crippen LogP contribution in [0.25, 0.3) is 0 Å². The summed E-state index contributed by atoms with van der Waals surface area (Å²) >= 11 is 2.16. The van der Waals surface area contributed by atoms with Crippen molar-refractivity contribution in [3.8, 4) is 11.5 Å². The molecule has 0 saturated heterocycles. The van der Waals surface area contributed by atoms with E-state index in [1.165, 1.54) is 30.3 Å². The molecular weight excluding hydrogens is 480 g/mol. The Morgan fingerprint density at radius 3 is 2.07 bits per heavy atom. The molecule has 0 spiro atoms. The van der Waals surface area contributed by atoms with E-state index in [1.54, 1.807) is 30.3 Å². The smallest absolute Gasteiger partial charge is 0.396 e. The lowest BCUT2D eigenvalue weighted by atomic mass is 9.73. The number of hydrogen-bond acceptors (Lipinski definition) is 2. The summed E-state index contributed by atoms with van der Waals surface area (Å²) in [5.74, 6) is -2.43. The van der Waals surface area contributed by atoms with E-state index < -0.39 is 24.1 Å². The lowest BCUT2D eigenvalue weighted by molar-refractivity contribution is -0.166. The number of benzene rings is 3. The van der Waals surface area contributed by atoms with Crippen molar-refractivity contribution in [3.05, 3.63) is 93.1 Å². The maximum absolute atomic E-state index is 14.3. The molecule has 0 aromatic heterocycles. The minimum absolute atomic E-state index is 0.00949. The zero-order chi connectivity index (χ0) is 19.9. The molecule has 4 rings (SSSR count). The second-order valence-corrected chi connectivity index (χ2v) is 8.01. The van der Waals surface area contributed by atoms with E-state index in [9.17, 15) is 18.3 Å². The minimum atomic E-state index is -4.45. The SMILES string of the molecule is Oc1ccc(C2C(c3ccc(I)cc3)Oc3ccccc3C2C(F)(F)F)cc1. The van der Waals surface area contributed by atoms with Crippen LogP contribution in [0.5, 0.6) is 11.5 Å². The van der Waals surface area contributed by atoms with Crippen molar-refractivity contribution in [2.24, 2.45) is 0 Å². The molecule has 0 radical (unpaired) electrons. The molecular formula is C22H16F3IO2. The quantitative estimate of drug-likeness (QED) is 0.408. The Kier molecular flexibility index (Phi) is 4.99. The summed E-state index contributed by atoms with van der Waals surface area (Å²) in [6, 6.07) is 19.6. The number of aromatic hydroxyl groups is 1. The summed E-state index contributed by atoms with van der Waals surface area (Å²) in [5.41, 5.74) is 1.29. The van der Waals surface area contributed by atoms with Crippen LogP contribution in [0.2, 0.25) is 0 Å². The van der Waals surface area contributed by atoms with Gasteiger partial charge in [0, 0.05) is 15.1 Å². The van der Waals surface area contributed by atoms with Gasteiger partial charge >= 0.3 is 6.18 Å². The molecule has 3 aromatic carbocycles. The molecule has 1 aliphatic rings. The van der Waals surface area contributed by atoms with Crippen LogP contribution in [0.15, 0.2) is 72.8 Å². The van der Waals surface area contributed by atoms with Crippen molar-refractivity contribution in [2.75, 3.05) is 0 Å². The molecule has 1 N–H and O–H groups in total. The first-order valence-electron chi connectivity index (χ1n) is 8.71. The van der Waals surface area contributed by atoms with E-state index in [0.717, 1.165) is 3.57 Å². The third-order valence-electron chi connectivity index (χ3n) is 5.02. The molecule has 1 heterocycles. The molecule has 2 nitrogen and oxygen atoms in total. The number of ether oxygens (including phenoxy) is 1. The molecule has 0 fully saturated rings. The molecule has 0 aliphatic carbocycles. The van der Waals surface area contributed by atoms with Crippen molar-refractivity contribution in [2.45, 2.75) is 24.1 Å². The van der Waals surface area contributed by atoms with Crippen LogP contribution >= 0.6 is 22.6 Å². The average molecular weight is 496 g/mol. The Bertz CT molecular complexity index is 968. The first-order valence-corrected chi connectivity index (χ1v) is 9.79. The Labute approximate surface area is 174 Å². The molecule has 3 aromatic rings. The minimum Gasteiger partial charge on any atom is -0.508 e. The van der Waals surface area contributed by atoms with Crippen LogP contribution in [-0.4, -0.2) is 11.3 Å². The van der Waals surface area contributed by atoms with Gasteiger partial charge in [-0.2, -0.15) is 13.2 Å². The predicted octanol–water partition coefficient (Wildman–Crippen LogP) is 6.56. The molecule has 0 saturated carbocycles. The number of hydrogen-bond donors (Lipinski definition) is 1. The molecule has 3 unspecified atom stereocenters. The van der Waals surface area contributed by atoms with Crippen LogP contribution in [0.4, 0.5) is 13.2 Å². The van der Waals surface area contributed by atoms with Gasteiger partial charge in [0.15, 0.2) is 0 Å². The molecule has 28 heavy (non-hydrogen) atoms. The Balaban J connectivity index is 1.92. The number of fused-ring (bicyclic) bond motifs is 1. The summed E-state index contributed by atoms with van der Waals surface area (Å²) in [6.45, 7) is 0. The summed E-state index contributed by atoms with van der Waals surface area (Å²) in [4.78, 5) is 0. The average Bonchev–Trinajstić information content (AvgIpc) is 2.67. The molecule has 0 amide bonds. The van der Waals surface area contributed by atoms with Gasteiger partial charge in [0.1, 0.15) is 17.6 Å². The van der Waals surface area contributed by atoms with Crippen LogP contribution in [0.3, 0.4) is 0 Å². The van der Waals surface area contributed by atoms with Crippen LogP contribution in [-0.2, 0) is 0 Å². The van der Waals surface area contributed by atoms with E-state index in [0.29, 0.717) is 11.1 Å². The zero-order valence-electron chi connectivity index (χ0n) is 14.5. The van der Waals surface area contributed by atoms with E-state index in [2.05, 4.69) is 22.6 Å². The standard InChI is InChI=1S/C22H16F3IO2/c23-22(24,25)20-17-3-1-2-4-18(17)28-21(14-5-9-15(26)10-6-14)19(20)13-7-11-16(27)12-8-13/h1-12,19-21,27H. The second-order valence-electron chi connectivity index (χ2n) is 6.76. The summed E-state index contributed by atoms with van der Waals surface area (Å²) in [6.07, 6.45) is -5.26. The number of halogens is 4.